The molecule has 0 atom stereocenters. The maximum Gasteiger partial charge on any atom is 0.335 e. The fourth-order valence-electron chi connectivity index (χ4n) is 2.12. The fourth-order valence-corrected chi connectivity index (χ4v) is 2.12. The summed E-state index contributed by atoms with van der Waals surface area (Å²) in [7, 11) is 0. The van der Waals surface area contributed by atoms with E-state index in [0.717, 1.165) is 17.0 Å². The van der Waals surface area contributed by atoms with Crippen LogP contribution in [0, 0.1) is 0 Å². The molecule has 1 fully saturated rings. The lowest BCUT2D eigenvalue weighted by Gasteiger charge is -2.06. The van der Waals surface area contributed by atoms with Gasteiger partial charge < -0.3 is 10.4 Å². The molecule has 1 aliphatic rings. The van der Waals surface area contributed by atoms with E-state index in [1.807, 2.05) is 24.5 Å². The van der Waals surface area contributed by atoms with Crippen LogP contribution in [0.2, 0.25) is 0 Å². The van der Waals surface area contributed by atoms with Crippen molar-refractivity contribution in [3.8, 4) is 0 Å². The Labute approximate surface area is 123 Å². The topological polar surface area (TPSA) is 75.1 Å². The summed E-state index contributed by atoms with van der Waals surface area (Å²) in [4.78, 5) is 19.5. The van der Waals surface area contributed by atoms with Gasteiger partial charge in [0.05, 0.1) is 5.56 Å². The summed E-state index contributed by atoms with van der Waals surface area (Å²) in [5, 5.41) is 12.1. The smallest absolute Gasteiger partial charge is 0.335 e. The lowest BCUT2D eigenvalue weighted by Crippen LogP contribution is -2.13. The van der Waals surface area contributed by atoms with Gasteiger partial charge in [-0.1, -0.05) is 12.1 Å². The molecule has 1 heterocycles. The van der Waals surface area contributed by atoms with Crippen LogP contribution in [0.25, 0.3) is 0 Å². The van der Waals surface area contributed by atoms with E-state index in [1.54, 1.807) is 12.1 Å². The van der Waals surface area contributed by atoms with Gasteiger partial charge in [0.1, 0.15) is 5.82 Å². The van der Waals surface area contributed by atoms with Crippen molar-refractivity contribution in [2.45, 2.75) is 31.8 Å². The van der Waals surface area contributed by atoms with Gasteiger partial charge in [0, 0.05) is 37.0 Å². The van der Waals surface area contributed by atoms with Crippen LogP contribution in [0.15, 0.2) is 36.7 Å². The number of hydrogen-bond acceptors (Lipinski definition) is 4. The van der Waals surface area contributed by atoms with Crippen molar-refractivity contribution in [1.29, 1.82) is 0 Å². The van der Waals surface area contributed by atoms with Crippen LogP contribution in [-0.4, -0.2) is 21.0 Å². The number of hydrogen-bond donors (Lipinski definition) is 2. The molecule has 5 heteroatoms. The van der Waals surface area contributed by atoms with Gasteiger partial charge in [-0.3, -0.25) is 0 Å². The SMILES string of the molecule is O=C(O)c1ccc(CNCc2cnc(C3CC3)nc2)cc1. The van der Waals surface area contributed by atoms with Crippen LogP contribution in [0.5, 0.6) is 0 Å². The first-order chi connectivity index (χ1) is 10.2. The Morgan fingerprint density at radius 1 is 1.10 bits per heavy atom. The van der Waals surface area contributed by atoms with Crippen molar-refractivity contribution in [1.82, 2.24) is 15.3 Å². The van der Waals surface area contributed by atoms with Crippen LogP contribution in [-0.2, 0) is 13.1 Å². The van der Waals surface area contributed by atoms with E-state index in [9.17, 15) is 4.79 Å². The van der Waals surface area contributed by atoms with Gasteiger partial charge in [-0.05, 0) is 30.5 Å². The molecule has 0 bridgehead atoms. The van der Waals surface area contributed by atoms with Crippen LogP contribution in [0.3, 0.4) is 0 Å². The molecule has 0 amide bonds. The Bertz CT molecular complexity index is 619. The van der Waals surface area contributed by atoms with Crippen molar-refractivity contribution in [3.05, 3.63) is 59.2 Å². The third-order valence-corrected chi connectivity index (χ3v) is 3.53. The highest BCUT2D eigenvalue weighted by molar-refractivity contribution is 5.87. The molecule has 108 valence electrons. The van der Waals surface area contributed by atoms with E-state index in [2.05, 4.69) is 15.3 Å². The van der Waals surface area contributed by atoms with Gasteiger partial charge in [-0.25, -0.2) is 14.8 Å². The quantitative estimate of drug-likeness (QED) is 0.851. The van der Waals surface area contributed by atoms with Crippen LogP contribution in [0.4, 0.5) is 0 Å². The van der Waals surface area contributed by atoms with E-state index >= 15 is 0 Å². The molecule has 0 aliphatic heterocycles. The zero-order chi connectivity index (χ0) is 14.7. The summed E-state index contributed by atoms with van der Waals surface area (Å²) in [6, 6.07) is 6.88. The maximum absolute atomic E-state index is 10.8. The monoisotopic (exact) mass is 283 g/mol. The molecule has 0 spiro atoms. The summed E-state index contributed by atoms with van der Waals surface area (Å²) in [5.74, 6) is 0.644. The molecule has 0 radical (unpaired) electrons. The number of carbonyl (C=O) groups is 1. The number of aromatic nitrogens is 2. The Morgan fingerprint density at radius 2 is 1.71 bits per heavy atom. The number of rotatable bonds is 6. The second kappa shape index (κ2) is 6.01. The third-order valence-electron chi connectivity index (χ3n) is 3.53. The predicted octanol–water partition coefficient (Wildman–Crippen LogP) is 2.34. The Morgan fingerprint density at radius 3 is 2.29 bits per heavy atom. The number of carboxylic acid groups (broad SMARTS) is 1. The molecular formula is C16H17N3O2. The molecule has 5 nitrogen and oxygen atoms in total. The van der Waals surface area contributed by atoms with E-state index in [4.69, 9.17) is 5.11 Å². The first kappa shape index (κ1) is 13.7. The first-order valence-electron chi connectivity index (χ1n) is 7.06. The van der Waals surface area contributed by atoms with Gasteiger partial charge >= 0.3 is 5.97 Å². The molecule has 1 saturated carbocycles. The second-order valence-electron chi connectivity index (χ2n) is 5.33. The van der Waals surface area contributed by atoms with E-state index < -0.39 is 5.97 Å². The van der Waals surface area contributed by atoms with Gasteiger partial charge in [0.2, 0.25) is 0 Å². The number of carboxylic acids is 1. The van der Waals surface area contributed by atoms with Crippen molar-refractivity contribution < 1.29 is 9.90 Å². The summed E-state index contributed by atoms with van der Waals surface area (Å²) in [5.41, 5.74) is 2.42. The maximum atomic E-state index is 10.8. The molecular weight excluding hydrogens is 266 g/mol. The number of benzene rings is 1. The van der Waals surface area contributed by atoms with E-state index in [-0.39, 0.29) is 0 Å². The standard InChI is InChI=1S/C16H17N3O2/c20-16(21)14-3-1-11(2-4-14)7-17-8-12-9-18-15(19-10-12)13-5-6-13/h1-4,9-10,13,17H,5-8H2,(H,20,21). The molecule has 1 aromatic heterocycles. The molecule has 2 N–H and O–H groups in total. The fraction of sp³-hybridized carbons (Fsp3) is 0.312. The van der Waals surface area contributed by atoms with Gasteiger partial charge in [-0.15, -0.1) is 0 Å². The molecule has 2 aromatic rings. The highest BCUT2D eigenvalue weighted by atomic mass is 16.4. The van der Waals surface area contributed by atoms with Crippen molar-refractivity contribution in [3.63, 3.8) is 0 Å². The minimum atomic E-state index is -0.901. The van der Waals surface area contributed by atoms with Crippen LogP contribution >= 0.6 is 0 Å². The van der Waals surface area contributed by atoms with Crippen molar-refractivity contribution in [2.75, 3.05) is 0 Å². The highest BCUT2D eigenvalue weighted by Gasteiger charge is 2.25. The van der Waals surface area contributed by atoms with Crippen LogP contribution in [0.1, 0.15) is 46.1 Å². The normalized spacial score (nSPS) is 14.1. The van der Waals surface area contributed by atoms with Crippen LogP contribution < -0.4 is 5.32 Å². The van der Waals surface area contributed by atoms with E-state index in [1.165, 1.54) is 12.8 Å². The van der Waals surface area contributed by atoms with Crippen molar-refractivity contribution in [2.24, 2.45) is 0 Å². The second-order valence-corrected chi connectivity index (χ2v) is 5.33. The first-order valence-corrected chi connectivity index (χ1v) is 7.06. The predicted molar refractivity (Wildman–Crippen MR) is 78.0 cm³/mol. The summed E-state index contributed by atoms with van der Waals surface area (Å²) >= 11 is 0. The average Bonchev–Trinajstić information content (AvgIpc) is 3.33. The highest BCUT2D eigenvalue weighted by Crippen LogP contribution is 2.37. The molecule has 0 unspecified atom stereocenters. The molecule has 3 rings (SSSR count). The number of nitrogens with zero attached hydrogens (tertiary/aromatic N) is 2. The minimum Gasteiger partial charge on any atom is -0.478 e. The molecule has 21 heavy (non-hydrogen) atoms. The summed E-state index contributed by atoms with van der Waals surface area (Å²) in [6.45, 7) is 1.38. The largest absolute Gasteiger partial charge is 0.478 e. The molecule has 0 saturated heterocycles. The summed E-state index contributed by atoms with van der Waals surface area (Å²) in [6.07, 6.45) is 6.18. The van der Waals surface area contributed by atoms with E-state index in [0.29, 0.717) is 24.6 Å². The number of aromatic carboxylic acids is 1. The van der Waals surface area contributed by atoms with Crippen molar-refractivity contribution >= 4 is 5.97 Å². The van der Waals surface area contributed by atoms with Gasteiger partial charge in [0.15, 0.2) is 0 Å². The Kier molecular flexibility index (Phi) is 3.92. The average molecular weight is 283 g/mol. The third kappa shape index (κ3) is 3.64. The zero-order valence-electron chi connectivity index (χ0n) is 11.6. The summed E-state index contributed by atoms with van der Waals surface area (Å²) < 4.78 is 0. The lowest BCUT2D eigenvalue weighted by molar-refractivity contribution is 0.0697. The Balaban J connectivity index is 1.49. The van der Waals surface area contributed by atoms with Gasteiger partial charge in [0.25, 0.3) is 0 Å². The van der Waals surface area contributed by atoms with Gasteiger partial charge in [-0.2, -0.15) is 0 Å². The number of nitrogens with one attached hydrogen (secondary N) is 1. The zero-order valence-corrected chi connectivity index (χ0v) is 11.6. The minimum absolute atomic E-state index is 0.308. The molecule has 1 aromatic carbocycles. The molecule has 1 aliphatic carbocycles. The lowest BCUT2D eigenvalue weighted by atomic mass is 10.1. The Hall–Kier alpha value is -2.27.